The van der Waals surface area contributed by atoms with Crippen molar-refractivity contribution in [1.82, 2.24) is 15.2 Å². The molecule has 0 bridgehead atoms. The van der Waals surface area contributed by atoms with Gasteiger partial charge in [-0.05, 0) is 38.5 Å². The average molecular weight is 355 g/mol. The van der Waals surface area contributed by atoms with E-state index in [2.05, 4.69) is 10.3 Å². The van der Waals surface area contributed by atoms with E-state index < -0.39 is 0 Å². The molecule has 1 aliphatic rings. The van der Waals surface area contributed by atoms with Gasteiger partial charge in [-0.3, -0.25) is 14.6 Å². The van der Waals surface area contributed by atoms with E-state index in [0.717, 1.165) is 27.7 Å². The van der Waals surface area contributed by atoms with Gasteiger partial charge in [-0.1, -0.05) is 11.6 Å². The highest BCUT2D eigenvalue weighted by atomic mass is 16.5. The van der Waals surface area contributed by atoms with Gasteiger partial charge in [0, 0.05) is 37.7 Å². The Morgan fingerprint density at radius 1 is 1.35 bits per heavy atom. The van der Waals surface area contributed by atoms with E-state index in [1.165, 1.54) is 0 Å². The number of benzene rings is 1. The second-order valence-electron chi connectivity index (χ2n) is 6.92. The summed E-state index contributed by atoms with van der Waals surface area (Å²) in [6.45, 7) is 7.41. The molecule has 2 aromatic rings. The minimum Gasteiger partial charge on any atom is -0.383 e. The minimum atomic E-state index is -0.181. The fourth-order valence-electron chi connectivity index (χ4n) is 3.43. The van der Waals surface area contributed by atoms with Crippen LogP contribution in [-0.2, 0) is 9.53 Å². The summed E-state index contributed by atoms with van der Waals surface area (Å²) >= 11 is 0. The van der Waals surface area contributed by atoms with E-state index in [1.807, 2.05) is 39.0 Å². The zero-order valence-corrected chi connectivity index (χ0v) is 15.8. The Morgan fingerprint density at radius 3 is 2.85 bits per heavy atom. The number of amides is 2. The molecule has 0 aliphatic carbocycles. The largest absolute Gasteiger partial charge is 0.383 e. The number of carbonyl (C=O) groups excluding carboxylic acids is 2. The number of nitrogens with zero attached hydrogens (tertiary/aromatic N) is 2. The van der Waals surface area contributed by atoms with E-state index in [1.54, 1.807) is 12.0 Å². The van der Waals surface area contributed by atoms with E-state index in [9.17, 15) is 9.59 Å². The molecule has 3 rings (SSSR count). The number of fused-ring (bicyclic) bond motifs is 1. The topological polar surface area (TPSA) is 71.5 Å². The van der Waals surface area contributed by atoms with Crippen LogP contribution in [0.4, 0.5) is 0 Å². The van der Waals surface area contributed by atoms with Gasteiger partial charge in [-0.2, -0.15) is 0 Å². The van der Waals surface area contributed by atoms with E-state index in [-0.39, 0.29) is 17.9 Å². The number of pyridine rings is 1. The second-order valence-corrected chi connectivity index (χ2v) is 6.92. The van der Waals surface area contributed by atoms with Crippen molar-refractivity contribution in [1.29, 1.82) is 0 Å². The fraction of sp³-hybridized carbons (Fsp3) is 0.450. The normalized spacial score (nSPS) is 17.2. The van der Waals surface area contributed by atoms with Gasteiger partial charge in [0.05, 0.1) is 23.7 Å². The average Bonchev–Trinajstić information content (AvgIpc) is 2.93. The van der Waals surface area contributed by atoms with Crippen LogP contribution in [0.3, 0.4) is 0 Å². The maximum atomic E-state index is 13.0. The maximum Gasteiger partial charge on any atom is 0.252 e. The number of hydrogen-bond donors (Lipinski definition) is 1. The number of hydrogen-bond acceptors (Lipinski definition) is 4. The Hall–Kier alpha value is -2.47. The number of aryl methyl sites for hydroxylation is 2. The molecule has 1 atom stereocenters. The van der Waals surface area contributed by atoms with Crippen molar-refractivity contribution in [3.05, 3.63) is 40.6 Å². The molecule has 1 aromatic heterocycles. The molecule has 1 aliphatic heterocycles. The first-order valence-electron chi connectivity index (χ1n) is 8.86. The molecule has 1 N–H and O–H groups in total. The summed E-state index contributed by atoms with van der Waals surface area (Å²) in [5.74, 6) is -0.0920. The predicted octanol–water partition coefficient (Wildman–Crippen LogP) is 2.14. The Bertz CT molecular complexity index is 863. The van der Waals surface area contributed by atoms with Crippen LogP contribution in [0.15, 0.2) is 18.2 Å². The first-order chi connectivity index (χ1) is 12.4. The lowest BCUT2D eigenvalue weighted by molar-refractivity contribution is -0.128. The van der Waals surface area contributed by atoms with Gasteiger partial charge in [0.25, 0.3) is 5.91 Å². The molecule has 6 heteroatoms. The Morgan fingerprint density at radius 2 is 2.12 bits per heavy atom. The lowest BCUT2D eigenvalue weighted by atomic mass is 9.99. The van der Waals surface area contributed by atoms with Crippen LogP contribution in [0, 0.1) is 20.8 Å². The SMILES string of the molecule is COCCN1C[C@H](NC(=O)c2c(C)c(C)nc3ccc(C)cc23)CC1=O. The van der Waals surface area contributed by atoms with E-state index in [4.69, 9.17) is 4.74 Å². The number of likely N-dealkylation sites (tertiary alicyclic amines) is 1. The Labute approximate surface area is 153 Å². The molecule has 0 unspecified atom stereocenters. The van der Waals surface area contributed by atoms with Crippen molar-refractivity contribution in [2.45, 2.75) is 33.2 Å². The number of aromatic nitrogens is 1. The molecule has 1 fully saturated rings. The molecule has 0 spiro atoms. The second kappa shape index (κ2) is 7.41. The number of ether oxygens (including phenoxy) is 1. The van der Waals surface area contributed by atoms with Gasteiger partial charge in [0.2, 0.25) is 5.91 Å². The third kappa shape index (κ3) is 3.55. The summed E-state index contributed by atoms with van der Waals surface area (Å²) in [6, 6.07) is 5.75. The smallest absolute Gasteiger partial charge is 0.252 e. The number of rotatable bonds is 5. The molecular formula is C20H25N3O3. The van der Waals surface area contributed by atoms with E-state index >= 15 is 0 Å². The van der Waals surface area contributed by atoms with Crippen molar-refractivity contribution in [3.8, 4) is 0 Å². The van der Waals surface area contributed by atoms with E-state index in [0.29, 0.717) is 31.7 Å². The number of methoxy groups -OCH3 is 1. The minimum absolute atomic E-state index is 0.0516. The monoisotopic (exact) mass is 355 g/mol. The van der Waals surface area contributed by atoms with Crippen molar-refractivity contribution >= 4 is 22.7 Å². The fourth-order valence-corrected chi connectivity index (χ4v) is 3.43. The summed E-state index contributed by atoms with van der Waals surface area (Å²) in [4.78, 5) is 31.5. The Balaban J connectivity index is 1.85. The van der Waals surface area contributed by atoms with Gasteiger partial charge in [0.1, 0.15) is 0 Å². The van der Waals surface area contributed by atoms with Crippen LogP contribution >= 0.6 is 0 Å². The van der Waals surface area contributed by atoms with Gasteiger partial charge >= 0.3 is 0 Å². The molecule has 138 valence electrons. The summed E-state index contributed by atoms with van der Waals surface area (Å²) < 4.78 is 5.04. The van der Waals surface area contributed by atoms with Crippen LogP contribution in [-0.4, -0.2) is 54.5 Å². The third-order valence-corrected chi connectivity index (χ3v) is 4.97. The molecule has 0 saturated carbocycles. The lowest BCUT2D eigenvalue weighted by Gasteiger charge is -2.18. The highest BCUT2D eigenvalue weighted by Crippen LogP contribution is 2.24. The molecule has 1 saturated heterocycles. The van der Waals surface area contributed by atoms with Crippen LogP contribution < -0.4 is 5.32 Å². The summed E-state index contributed by atoms with van der Waals surface area (Å²) in [7, 11) is 1.61. The molecule has 1 aromatic carbocycles. The van der Waals surface area contributed by atoms with Gasteiger partial charge in [0.15, 0.2) is 0 Å². The summed E-state index contributed by atoms with van der Waals surface area (Å²) in [5.41, 5.74) is 4.27. The van der Waals surface area contributed by atoms with Crippen molar-refractivity contribution in [2.24, 2.45) is 0 Å². The van der Waals surface area contributed by atoms with Crippen LogP contribution in [0.25, 0.3) is 10.9 Å². The van der Waals surface area contributed by atoms with Crippen molar-refractivity contribution in [2.75, 3.05) is 26.8 Å². The lowest BCUT2D eigenvalue weighted by Crippen LogP contribution is -2.38. The van der Waals surface area contributed by atoms with Crippen molar-refractivity contribution < 1.29 is 14.3 Å². The highest BCUT2D eigenvalue weighted by Gasteiger charge is 2.31. The molecule has 2 heterocycles. The quantitative estimate of drug-likeness (QED) is 0.892. The highest BCUT2D eigenvalue weighted by molar-refractivity contribution is 6.08. The maximum absolute atomic E-state index is 13.0. The third-order valence-electron chi connectivity index (χ3n) is 4.97. The molecule has 2 amide bonds. The number of carbonyl (C=O) groups is 2. The zero-order chi connectivity index (χ0) is 18.8. The van der Waals surface area contributed by atoms with Crippen LogP contribution in [0.2, 0.25) is 0 Å². The zero-order valence-electron chi connectivity index (χ0n) is 15.8. The summed E-state index contributed by atoms with van der Waals surface area (Å²) in [6.07, 6.45) is 0.329. The summed E-state index contributed by atoms with van der Waals surface area (Å²) in [5, 5.41) is 3.89. The molecule has 26 heavy (non-hydrogen) atoms. The van der Waals surface area contributed by atoms with Gasteiger partial charge in [-0.15, -0.1) is 0 Å². The standard InChI is InChI=1S/C20H25N3O3/c1-12-5-6-17-16(9-12)19(13(2)14(3)21-17)20(25)22-15-10-18(24)23(11-15)7-8-26-4/h5-6,9,15H,7-8,10-11H2,1-4H3,(H,22,25)/t15-/m1/s1. The van der Waals surface area contributed by atoms with Crippen LogP contribution in [0.1, 0.15) is 33.6 Å². The van der Waals surface area contributed by atoms with Gasteiger partial charge < -0.3 is 15.0 Å². The molecule has 0 radical (unpaired) electrons. The Kier molecular flexibility index (Phi) is 5.23. The molecule has 6 nitrogen and oxygen atoms in total. The molecular weight excluding hydrogens is 330 g/mol. The predicted molar refractivity (Wildman–Crippen MR) is 100 cm³/mol. The first kappa shape index (κ1) is 18.3. The first-order valence-corrected chi connectivity index (χ1v) is 8.86. The van der Waals surface area contributed by atoms with Crippen LogP contribution in [0.5, 0.6) is 0 Å². The van der Waals surface area contributed by atoms with Gasteiger partial charge in [-0.25, -0.2) is 0 Å². The van der Waals surface area contributed by atoms with Crippen molar-refractivity contribution in [3.63, 3.8) is 0 Å². The number of nitrogens with one attached hydrogen (secondary N) is 1.